The molecule has 0 aliphatic rings. The topological polar surface area (TPSA) is 207 Å². The van der Waals surface area contributed by atoms with Gasteiger partial charge >= 0.3 is 29.8 Å². The van der Waals surface area contributed by atoms with Gasteiger partial charge in [0.2, 0.25) is 0 Å². The first kappa shape index (κ1) is 23.0. The quantitative estimate of drug-likeness (QED) is 0.345. The summed E-state index contributed by atoms with van der Waals surface area (Å²) >= 11 is 3.55. The van der Waals surface area contributed by atoms with Gasteiger partial charge in [0, 0.05) is 4.90 Å². The van der Waals surface area contributed by atoms with Crippen LogP contribution in [0.3, 0.4) is 0 Å². The normalized spacial score (nSPS) is 9.69. The first-order valence-corrected chi connectivity index (χ1v) is 7.69. The second kappa shape index (κ2) is 9.23. The first-order valence-electron chi connectivity index (χ1n) is 7.25. The number of hydrogen-bond donors (Lipinski definition) is 7. The third-order valence-electron chi connectivity index (χ3n) is 3.30. The lowest BCUT2D eigenvalue weighted by Gasteiger charge is -2.15. The highest BCUT2D eigenvalue weighted by molar-refractivity contribution is 7.80. The summed E-state index contributed by atoms with van der Waals surface area (Å²) in [6, 6.07) is 8.71. The number of phenolic OH excluding ortho intramolecular Hbond substituents is 1. The number of phenols is 1. The number of carboxylic acids is 5. The zero-order valence-electron chi connectivity index (χ0n) is 14.1. The fourth-order valence-corrected chi connectivity index (χ4v) is 2.64. The van der Waals surface area contributed by atoms with E-state index < -0.39 is 62.6 Å². The molecule has 12 heteroatoms. The molecule has 0 aromatic heterocycles. The van der Waals surface area contributed by atoms with Crippen LogP contribution in [0.25, 0.3) is 0 Å². The maximum absolute atomic E-state index is 11.2. The maximum Gasteiger partial charge on any atom is 0.337 e. The number of carbonyl (C=O) groups is 5. The van der Waals surface area contributed by atoms with Gasteiger partial charge in [-0.1, -0.05) is 18.2 Å². The summed E-state index contributed by atoms with van der Waals surface area (Å²) in [5.41, 5.74) is -6.64. The minimum atomic E-state index is -2.10. The van der Waals surface area contributed by atoms with Crippen LogP contribution in [-0.4, -0.2) is 60.5 Å². The predicted molar refractivity (Wildman–Crippen MR) is 96.6 cm³/mol. The first-order chi connectivity index (χ1) is 13.4. The Labute approximate surface area is 166 Å². The van der Waals surface area contributed by atoms with E-state index in [0.717, 1.165) is 0 Å². The average molecular weight is 424 g/mol. The Morgan fingerprint density at radius 1 is 0.552 bits per heavy atom. The largest absolute Gasteiger partial charge is 0.508 e. The molecular weight excluding hydrogens is 412 g/mol. The van der Waals surface area contributed by atoms with E-state index in [-0.39, 0.29) is 0 Å². The van der Waals surface area contributed by atoms with Gasteiger partial charge in [-0.25, -0.2) is 24.0 Å². The van der Waals surface area contributed by atoms with Crippen molar-refractivity contribution in [2.75, 3.05) is 0 Å². The Morgan fingerprint density at radius 3 is 1.03 bits per heavy atom. The van der Waals surface area contributed by atoms with Crippen LogP contribution in [0.15, 0.2) is 35.2 Å². The van der Waals surface area contributed by atoms with Crippen LogP contribution in [-0.2, 0) is 0 Å². The highest BCUT2D eigenvalue weighted by atomic mass is 32.1. The highest BCUT2D eigenvalue weighted by Gasteiger charge is 2.37. The standard InChI is InChI=1S/C11H6O10S.C6H6O/c12-7(13)1-2(8(14)15)4(10(18)19)6(22)5(11(20)21)3(1)9(16)17;7-6-4-2-1-3-5-6/h22H,(H,12,13)(H,14,15)(H,16,17)(H,18,19)(H,20,21);1-5,7H. The lowest BCUT2D eigenvalue weighted by Crippen LogP contribution is -2.24. The Kier molecular flexibility index (Phi) is 7.32. The molecule has 0 bridgehead atoms. The van der Waals surface area contributed by atoms with Gasteiger partial charge in [0.1, 0.15) is 5.75 Å². The molecule has 0 atom stereocenters. The number of benzene rings is 2. The molecule has 2 aromatic carbocycles. The average Bonchev–Trinajstić information content (AvgIpc) is 2.60. The van der Waals surface area contributed by atoms with E-state index in [4.69, 9.17) is 30.6 Å². The van der Waals surface area contributed by atoms with Crippen LogP contribution in [0.1, 0.15) is 51.8 Å². The number of aromatic hydroxyl groups is 1. The third kappa shape index (κ3) is 5.01. The summed E-state index contributed by atoms with van der Waals surface area (Å²) in [7, 11) is 0. The van der Waals surface area contributed by atoms with Crippen molar-refractivity contribution < 1.29 is 54.6 Å². The van der Waals surface area contributed by atoms with Crippen molar-refractivity contribution in [1.29, 1.82) is 0 Å². The molecule has 0 radical (unpaired) electrons. The van der Waals surface area contributed by atoms with Crippen molar-refractivity contribution in [3.63, 3.8) is 0 Å². The SMILES string of the molecule is O=C(O)c1c(S)c(C(=O)O)c(C(=O)O)c(C(=O)O)c1C(=O)O.Oc1ccccc1. The van der Waals surface area contributed by atoms with Crippen LogP contribution in [0.4, 0.5) is 0 Å². The van der Waals surface area contributed by atoms with Crippen LogP contribution >= 0.6 is 12.6 Å². The van der Waals surface area contributed by atoms with Crippen molar-refractivity contribution in [3.8, 4) is 5.75 Å². The van der Waals surface area contributed by atoms with E-state index >= 15 is 0 Å². The van der Waals surface area contributed by atoms with Gasteiger partial charge in [0.25, 0.3) is 0 Å². The summed E-state index contributed by atoms with van der Waals surface area (Å²) in [6.07, 6.45) is 0. The van der Waals surface area contributed by atoms with Gasteiger partial charge in [-0.05, 0) is 12.1 Å². The molecule has 2 rings (SSSR count). The molecule has 0 aliphatic carbocycles. The van der Waals surface area contributed by atoms with Gasteiger partial charge in [-0.15, -0.1) is 12.6 Å². The Balaban J connectivity index is 0.000000502. The lowest BCUT2D eigenvalue weighted by molar-refractivity contribution is 0.0605. The van der Waals surface area contributed by atoms with Crippen molar-refractivity contribution in [2.45, 2.75) is 4.90 Å². The van der Waals surface area contributed by atoms with Crippen LogP contribution in [0, 0.1) is 0 Å². The van der Waals surface area contributed by atoms with E-state index in [1.165, 1.54) is 0 Å². The summed E-state index contributed by atoms with van der Waals surface area (Å²) in [5.74, 6) is -9.82. The number of para-hydroxylation sites is 1. The number of carboxylic acid groups (broad SMARTS) is 5. The second-order valence-corrected chi connectivity index (χ2v) is 5.53. The molecule has 6 N–H and O–H groups in total. The molecule has 152 valence electrons. The molecule has 2 aromatic rings. The van der Waals surface area contributed by atoms with Crippen LogP contribution < -0.4 is 0 Å². The number of rotatable bonds is 5. The van der Waals surface area contributed by atoms with Gasteiger partial charge in [-0.2, -0.15) is 0 Å². The zero-order valence-corrected chi connectivity index (χ0v) is 15.0. The molecule has 29 heavy (non-hydrogen) atoms. The van der Waals surface area contributed by atoms with E-state index in [1.807, 2.05) is 6.07 Å². The Bertz CT molecular complexity index is 959. The maximum atomic E-state index is 11.2. The number of hydrogen-bond acceptors (Lipinski definition) is 7. The minimum absolute atomic E-state index is 0.322. The summed E-state index contributed by atoms with van der Waals surface area (Å²) in [5, 5.41) is 53.6. The second-order valence-electron chi connectivity index (χ2n) is 5.08. The van der Waals surface area contributed by atoms with Gasteiger partial charge in [0.15, 0.2) is 0 Å². The lowest BCUT2D eigenvalue weighted by atomic mass is 9.90. The smallest absolute Gasteiger partial charge is 0.337 e. The molecule has 0 fully saturated rings. The predicted octanol–water partition coefficient (Wildman–Crippen LogP) is 1.86. The summed E-state index contributed by atoms with van der Waals surface area (Å²) in [6.45, 7) is 0. The summed E-state index contributed by atoms with van der Waals surface area (Å²) < 4.78 is 0. The van der Waals surface area contributed by atoms with Crippen molar-refractivity contribution >= 4 is 42.5 Å². The number of thiol groups is 1. The molecule has 0 saturated carbocycles. The monoisotopic (exact) mass is 424 g/mol. The van der Waals surface area contributed by atoms with Crippen molar-refractivity contribution in [1.82, 2.24) is 0 Å². The number of aromatic carboxylic acids is 5. The molecule has 0 aliphatic heterocycles. The molecule has 0 heterocycles. The highest BCUT2D eigenvalue weighted by Crippen LogP contribution is 2.32. The summed E-state index contributed by atoms with van der Waals surface area (Å²) in [4.78, 5) is 54.8. The molecule has 0 spiro atoms. The molecular formula is C17H12O11S. The van der Waals surface area contributed by atoms with Crippen molar-refractivity contribution in [2.24, 2.45) is 0 Å². The molecule has 11 nitrogen and oxygen atoms in total. The fraction of sp³-hybridized carbons (Fsp3) is 0. The van der Waals surface area contributed by atoms with E-state index in [0.29, 0.717) is 5.75 Å². The van der Waals surface area contributed by atoms with Gasteiger partial charge in [0.05, 0.1) is 27.8 Å². The van der Waals surface area contributed by atoms with Crippen LogP contribution in [0.2, 0.25) is 0 Å². The molecule has 0 saturated heterocycles. The van der Waals surface area contributed by atoms with Crippen LogP contribution in [0.5, 0.6) is 5.75 Å². The third-order valence-corrected chi connectivity index (χ3v) is 3.75. The fourth-order valence-electron chi connectivity index (χ4n) is 2.22. The minimum Gasteiger partial charge on any atom is -0.508 e. The Morgan fingerprint density at radius 2 is 0.828 bits per heavy atom. The molecule has 0 unspecified atom stereocenters. The van der Waals surface area contributed by atoms with E-state index in [2.05, 4.69) is 12.6 Å². The molecule has 0 amide bonds. The zero-order chi connectivity index (χ0) is 22.5. The van der Waals surface area contributed by atoms with E-state index in [9.17, 15) is 24.0 Å². The van der Waals surface area contributed by atoms with Gasteiger partial charge in [-0.3, -0.25) is 0 Å². The van der Waals surface area contributed by atoms with Crippen molar-refractivity contribution in [3.05, 3.63) is 58.1 Å². The van der Waals surface area contributed by atoms with Gasteiger partial charge < -0.3 is 30.6 Å². The van der Waals surface area contributed by atoms with E-state index in [1.54, 1.807) is 24.3 Å². The Hall–Kier alpha value is -4.06.